The molecule has 1 heterocycles. The summed E-state index contributed by atoms with van der Waals surface area (Å²) in [5, 5.41) is 18.4. The predicted octanol–water partition coefficient (Wildman–Crippen LogP) is 2.97. The van der Waals surface area contributed by atoms with Gasteiger partial charge >= 0.3 is 0 Å². The van der Waals surface area contributed by atoms with E-state index in [1.165, 1.54) is 17.8 Å². The second-order valence-corrected chi connectivity index (χ2v) is 5.98. The van der Waals surface area contributed by atoms with Crippen LogP contribution >= 0.6 is 11.3 Å². The van der Waals surface area contributed by atoms with Gasteiger partial charge < -0.3 is 15.7 Å². The summed E-state index contributed by atoms with van der Waals surface area (Å²) in [4.78, 5) is 23.9. The first-order valence-corrected chi connectivity index (χ1v) is 8.09. The summed E-state index contributed by atoms with van der Waals surface area (Å²) in [5.41, 5.74) is 0.728. The Morgan fingerprint density at radius 1 is 1.33 bits per heavy atom. The number of thiophene rings is 1. The highest BCUT2D eigenvalue weighted by Crippen LogP contribution is 2.18. The number of hydrogen-bond donors (Lipinski definition) is 3. The van der Waals surface area contributed by atoms with E-state index < -0.39 is 5.91 Å². The first-order valence-electron chi connectivity index (χ1n) is 7.15. The molecule has 2 rings (SSSR count). The molecule has 0 aromatic carbocycles. The molecule has 1 aromatic rings. The Kier molecular flexibility index (Phi) is 5.80. The monoisotopic (exact) mass is 308 g/mol. The molecule has 0 unspecified atom stereocenters. The van der Waals surface area contributed by atoms with E-state index in [2.05, 4.69) is 10.6 Å². The maximum absolute atomic E-state index is 12.0. The van der Waals surface area contributed by atoms with Crippen molar-refractivity contribution in [3.63, 3.8) is 0 Å². The fraction of sp³-hybridized carbons (Fsp3) is 0.467. The first-order chi connectivity index (χ1) is 10.2. The zero-order valence-corrected chi connectivity index (χ0v) is 12.6. The van der Waals surface area contributed by atoms with Gasteiger partial charge in [0.05, 0.1) is 23.9 Å². The molecule has 0 spiro atoms. The minimum Gasteiger partial charge on any atom is -0.515 e. The third kappa shape index (κ3) is 4.90. The molecular weight excluding hydrogens is 288 g/mol. The molecule has 0 bridgehead atoms. The molecule has 1 fully saturated rings. The van der Waals surface area contributed by atoms with Gasteiger partial charge in [-0.25, -0.2) is 0 Å². The lowest BCUT2D eigenvalue weighted by molar-refractivity contribution is -0.122. The number of carbonyl (C=O) groups excluding carboxylic acids is 2. The largest absolute Gasteiger partial charge is 0.515 e. The second kappa shape index (κ2) is 7.83. The third-order valence-corrected chi connectivity index (χ3v) is 4.23. The molecule has 0 radical (unpaired) electrons. The van der Waals surface area contributed by atoms with Crippen molar-refractivity contribution in [2.45, 2.75) is 44.6 Å². The number of rotatable bonds is 5. The van der Waals surface area contributed by atoms with Crippen molar-refractivity contribution >= 4 is 28.8 Å². The molecular formula is C15H20N2O3S. The summed E-state index contributed by atoms with van der Waals surface area (Å²) in [5.74, 6) is -0.669. The Labute approximate surface area is 128 Å². The van der Waals surface area contributed by atoms with Gasteiger partial charge in [-0.1, -0.05) is 19.3 Å². The summed E-state index contributed by atoms with van der Waals surface area (Å²) in [6.45, 7) is 0. The quantitative estimate of drug-likeness (QED) is 0.578. The van der Waals surface area contributed by atoms with Crippen molar-refractivity contribution in [2.75, 3.05) is 5.32 Å². The van der Waals surface area contributed by atoms with Gasteiger partial charge in [0, 0.05) is 11.4 Å². The van der Waals surface area contributed by atoms with Crippen LogP contribution in [0.5, 0.6) is 0 Å². The summed E-state index contributed by atoms with van der Waals surface area (Å²) in [7, 11) is 0. The first kappa shape index (κ1) is 15.6. The smallest absolute Gasteiger partial charge is 0.255 e. The second-order valence-electron chi connectivity index (χ2n) is 5.20. The molecule has 1 aliphatic carbocycles. The van der Waals surface area contributed by atoms with Crippen LogP contribution in [0.1, 0.15) is 38.5 Å². The van der Waals surface area contributed by atoms with Gasteiger partial charge in [-0.3, -0.25) is 9.59 Å². The Morgan fingerprint density at radius 2 is 2.10 bits per heavy atom. The van der Waals surface area contributed by atoms with E-state index in [4.69, 9.17) is 0 Å². The highest BCUT2D eigenvalue weighted by molar-refractivity contribution is 7.08. The number of anilines is 1. The average Bonchev–Trinajstić information content (AvgIpc) is 2.98. The van der Waals surface area contributed by atoms with Gasteiger partial charge in [0.2, 0.25) is 5.91 Å². The Balaban J connectivity index is 1.83. The lowest BCUT2D eigenvalue weighted by atomic mass is 9.95. The van der Waals surface area contributed by atoms with Gasteiger partial charge in [0.1, 0.15) is 0 Å². The van der Waals surface area contributed by atoms with Crippen molar-refractivity contribution < 1.29 is 14.7 Å². The number of aliphatic hydroxyl groups excluding tert-OH is 1. The van der Waals surface area contributed by atoms with Crippen LogP contribution < -0.4 is 10.6 Å². The SMILES string of the molecule is O=C(C/C(=C\O)C(=O)Nc1ccsc1)NC1CCCCC1. The molecule has 2 amide bonds. The summed E-state index contributed by atoms with van der Waals surface area (Å²) in [6.07, 6.45) is 6.07. The highest BCUT2D eigenvalue weighted by Gasteiger charge is 2.19. The minimum atomic E-state index is -0.449. The molecule has 1 aliphatic rings. The molecule has 5 nitrogen and oxygen atoms in total. The Bertz CT molecular complexity index is 505. The van der Waals surface area contributed by atoms with Gasteiger partial charge in [-0.15, -0.1) is 0 Å². The molecule has 1 aromatic heterocycles. The van der Waals surface area contributed by atoms with Gasteiger partial charge in [-0.05, 0) is 24.3 Å². The number of amides is 2. The van der Waals surface area contributed by atoms with E-state index in [0.29, 0.717) is 11.9 Å². The van der Waals surface area contributed by atoms with Gasteiger partial charge in [0.15, 0.2) is 0 Å². The number of hydrogen-bond acceptors (Lipinski definition) is 4. The van der Waals surface area contributed by atoms with Crippen molar-refractivity contribution in [3.8, 4) is 0 Å². The standard InChI is InChI=1S/C15H20N2O3S/c18-9-11(15(20)17-13-6-7-21-10-13)8-14(19)16-12-4-2-1-3-5-12/h6-7,9-10,12,18H,1-5,8H2,(H,16,19)(H,17,20)/b11-9+. The van der Waals surface area contributed by atoms with Crippen molar-refractivity contribution in [1.29, 1.82) is 0 Å². The van der Waals surface area contributed by atoms with Crippen LogP contribution in [0.25, 0.3) is 0 Å². The number of carbonyl (C=O) groups is 2. The van der Waals surface area contributed by atoms with E-state index in [9.17, 15) is 14.7 Å². The minimum absolute atomic E-state index is 0.0644. The summed E-state index contributed by atoms with van der Waals surface area (Å²) in [6, 6.07) is 1.96. The molecule has 114 valence electrons. The van der Waals surface area contributed by atoms with E-state index in [1.807, 2.05) is 5.38 Å². The summed E-state index contributed by atoms with van der Waals surface area (Å²) >= 11 is 1.46. The number of aliphatic hydroxyl groups is 1. The van der Waals surface area contributed by atoms with E-state index in [1.54, 1.807) is 11.4 Å². The summed E-state index contributed by atoms with van der Waals surface area (Å²) < 4.78 is 0. The highest BCUT2D eigenvalue weighted by atomic mass is 32.1. The topological polar surface area (TPSA) is 78.4 Å². The van der Waals surface area contributed by atoms with Crippen LogP contribution in [0, 0.1) is 0 Å². The Morgan fingerprint density at radius 3 is 2.71 bits per heavy atom. The Hall–Kier alpha value is -1.82. The predicted molar refractivity (Wildman–Crippen MR) is 83.3 cm³/mol. The molecule has 0 atom stereocenters. The molecule has 0 saturated heterocycles. The molecule has 1 saturated carbocycles. The van der Waals surface area contributed by atoms with E-state index >= 15 is 0 Å². The fourth-order valence-corrected chi connectivity index (χ4v) is 3.02. The number of nitrogens with one attached hydrogen (secondary N) is 2. The van der Waals surface area contributed by atoms with Crippen molar-refractivity contribution in [3.05, 3.63) is 28.7 Å². The lowest BCUT2D eigenvalue weighted by Gasteiger charge is -2.22. The maximum atomic E-state index is 12.0. The van der Waals surface area contributed by atoms with E-state index in [-0.39, 0.29) is 23.9 Å². The van der Waals surface area contributed by atoms with Crippen LogP contribution in [0.4, 0.5) is 5.69 Å². The van der Waals surface area contributed by atoms with Crippen molar-refractivity contribution in [2.24, 2.45) is 0 Å². The van der Waals surface area contributed by atoms with Crippen LogP contribution in [-0.2, 0) is 9.59 Å². The van der Waals surface area contributed by atoms with Gasteiger partial charge in [0.25, 0.3) is 5.91 Å². The van der Waals surface area contributed by atoms with Crippen LogP contribution in [-0.4, -0.2) is 23.0 Å². The van der Waals surface area contributed by atoms with Crippen LogP contribution in [0.15, 0.2) is 28.7 Å². The van der Waals surface area contributed by atoms with Crippen molar-refractivity contribution in [1.82, 2.24) is 5.32 Å². The normalized spacial score (nSPS) is 16.5. The zero-order chi connectivity index (χ0) is 15.1. The maximum Gasteiger partial charge on any atom is 0.255 e. The molecule has 0 aliphatic heterocycles. The van der Waals surface area contributed by atoms with E-state index in [0.717, 1.165) is 25.7 Å². The molecule has 6 heteroatoms. The van der Waals surface area contributed by atoms with Crippen LogP contribution in [0.3, 0.4) is 0 Å². The molecule has 3 N–H and O–H groups in total. The zero-order valence-electron chi connectivity index (χ0n) is 11.8. The fourth-order valence-electron chi connectivity index (χ4n) is 2.43. The van der Waals surface area contributed by atoms with Crippen LogP contribution in [0.2, 0.25) is 0 Å². The van der Waals surface area contributed by atoms with Gasteiger partial charge in [-0.2, -0.15) is 11.3 Å². The third-order valence-electron chi connectivity index (χ3n) is 3.55. The molecule has 21 heavy (non-hydrogen) atoms. The average molecular weight is 308 g/mol. The lowest BCUT2D eigenvalue weighted by Crippen LogP contribution is -2.36.